The van der Waals surface area contributed by atoms with Crippen LogP contribution in [0.3, 0.4) is 0 Å². The molecule has 1 aliphatic rings. The summed E-state index contributed by atoms with van der Waals surface area (Å²) in [6.07, 6.45) is 4.31. The lowest BCUT2D eigenvalue weighted by Gasteiger charge is -2.25. The molecule has 0 aromatic heterocycles. The number of thioether (sulfide) groups is 1. The molecule has 0 bridgehead atoms. The maximum absolute atomic E-state index is 13.3. The third-order valence-electron chi connectivity index (χ3n) is 6.92. The molecule has 6 N–H and O–H groups in total. The third kappa shape index (κ3) is 11.9. The Labute approximate surface area is 266 Å². The van der Waals surface area contributed by atoms with Gasteiger partial charge in [-0.15, -0.1) is 11.8 Å². The second kappa shape index (κ2) is 17.2. The average molecular weight is 647 g/mol. The first-order valence-electron chi connectivity index (χ1n) is 14.4. The van der Waals surface area contributed by atoms with Gasteiger partial charge in [-0.25, -0.2) is 4.79 Å². The number of ether oxygens (including phenoxy) is 1. The summed E-state index contributed by atoms with van der Waals surface area (Å²) >= 11 is 1.38. The van der Waals surface area contributed by atoms with Gasteiger partial charge in [0.1, 0.15) is 23.4 Å². The van der Waals surface area contributed by atoms with Crippen molar-refractivity contribution in [2.24, 2.45) is 11.7 Å². The van der Waals surface area contributed by atoms with Crippen LogP contribution in [-0.2, 0) is 40.1 Å². The van der Waals surface area contributed by atoms with Crippen LogP contribution in [-0.4, -0.2) is 82.6 Å². The van der Waals surface area contributed by atoms with Gasteiger partial charge in [0.2, 0.25) is 17.7 Å². The van der Waals surface area contributed by atoms with Crippen molar-refractivity contribution in [3.05, 3.63) is 42.0 Å². The van der Waals surface area contributed by atoms with Crippen molar-refractivity contribution in [2.75, 3.05) is 24.7 Å². The van der Waals surface area contributed by atoms with Crippen LogP contribution in [0.4, 0.5) is 10.5 Å². The number of anilines is 1. The lowest BCUT2D eigenvalue weighted by Crippen LogP contribution is -2.54. The molecule has 0 saturated heterocycles. The molecule has 0 saturated carbocycles. The molecule has 246 valence electrons. The Morgan fingerprint density at radius 1 is 0.978 bits per heavy atom. The van der Waals surface area contributed by atoms with Crippen LogP contribution in [0.1, 0.15) is 52.5 Å². The highest BCUT2D eigenvalue weighted by molar-refractivity contribution is 8.00. The largest absolute Gasteiger partial charge is 0.460 e. The second-order valence-electron chi connectivity index (χ2n) is 11.2. The van der Waals surface area contributed by atoms with Gasteiger partial charge in [-0.3, -0.25) is 33.7 Å². The highest BCUT2D eigenvalue weighted by Gasteiger charge is 2.30. The van der Waals surface area contributed by atoms with Crippen LogP contribution in [0, 0.1) is 5.92 Å². The molecule has 0 aliphatic carbocycles. The number of imide groups is 1. The molecular weight excluding hydrogens is 604 g/mol. The maximum atomic E-state index is 13.3. The molecule has 0 unspecified atom stereocenters. The zero-order valence-corrected chi connectivity index (χ0v) is 27.0. The van der Waals surface area contributed by atoms with Gasteiger partial charge in [0.05, 0.1) is 0 Å². The second-order valence-corrected chi connectivity index (χ2v) is 12.6. The highest BCUT2D eigenvalue weighted by Crippen LogP contribution is 2.23. The molecule has 15 heteroatoms. The summed E-state index contributed by atoms with van der Waals surface area (Å²) in [5.41, 5.74) is 6.27. The fraction of sp³-hybridized carbons (Fsp3) is 0.500. The fourth-order valence-corrected chi connectivity index (χ4v) is 4.24. The van der Waals surface area contributed by atoms with Gasteiger partial charge in [-0.05, 0) is 56.6 Å². The van der Waals surface area contributed by atoms with Crippen LogP contribution in [0.5, 0.6) is 0 Å². The van der Waals surface area contributed by atoms with Gasteiger partial charge < -0.3 is 31.7 Å². The van der Waals surface area contributed by atoms with E-state index in [1.54, 1.807) is 52.0 Å². The number of hydrogen-bond acceptors (Lipinski definition) is 9. The molecule has 1 aliphatic heterocycles. The number of carbonyl (C=O) groups excluding carboxylic acids is 7. The molecule has 14 nitrogen and oxygen atoms in total. The smallest absolute Gasteiger partial charge is 0.321 e. The van der Waals surface area contributed by atoms with E-state index in [4.69, 9.17) is 10.5 Å². The number of nitrogens with zero attached hydrogens (tertiary/aromatic N) is 1. The Morgan fingerprint density at radius 3 is 2.16 bits per heavy atom. The Bertz CT molecular complexity index is 1280. The summed E-state index contributed by atoms with van der Waals surface area (Å²) in [4.78, 5) is 86.9. The van der Waals surface area contributed by atoms with Gasteiger partial charge in [-0.2, -0.15) is 0 Å². The number of amides is 7. The van der Waals surface area contributed by atoms with E-state index in [1.165, 1.54) is 11.8 Å². The van der Waals surface area contributed by atoms with E-state index in [0.717, 1.165) is 17.1 Å². The molecule has 45 heavy (non-hydrogen) atoms. The van der Waals surface area contributed by atoms with Crippen molar-refractivity contribution < 1.29 is 38.3 Å². The van der Waals surface area contributed by atoms with Crippen LogP contribution in [0.25, 0.3) is 0 Å². The monoisotopic (exact) mass is 646 g/mol. The molecule has 2 atom stereocenters. The standard InChI is InChI=1S/C30H42N6O8S/c1-18(2)25(35-22(37)14-16-36-23(38)12-13-24(36)39)27(41)34-21(7-6-15-32-29(31)43)26(40)33-20-10-8-19(9-11-20)17-44-28(42)30(3,4)45-5/h8-13,18,21,25H,6-7,14-17H2,1-5H3,(H,33,40)(H,34,41)(H,35,37)(H3,31,32,43)/t21-,25-/m0/s1. The number of nitrogens with one attached hydrogen (secondary N) is 4. The highest BCUT2D eigenvalue weighted by atomic mass is 32.2. The summed E-state index contributed by atoms with van der Waals surface area (Å²) in [7, 11) is 0. The van der Waals surface area contributed by atoms with Crippen LogP contribution < -0.4 is 27.0 Å². The SMILES string of the molecule is CSC(C)(C)C(=O)OCc1ccc(NC(=O)[C@H](CCCNC(N)=O)NC(=O)[C@@H](NC(=O)CCN2C(=O)C=CC2=O)C(C)C)cc1. The van der Waals surface area contributed by atoms with E-state index in [2.05, 4.69) is 21.3 Å². The Balaban J connectivity index is 2.04. The molecule has 0 spiro atoms. The van der Waals surface area contributed by atoms with Crippen molar-refractivity contribution in [1.29, 1.82) is 0 Å². The number of urea groups is 1. The van der Waals surface area contributed by atoms with Gasteiger partial charge in [0.15, 0.2) is 0 Å². The summed E-state index contributed by atoms with van der Waals surface area (Å²) in [6, 6.07) is 3.89. The van der Waals surface area contributed by atoms with E-state index in [9.17, 15) is 33.6 Å². The first-order chi connectivity index (χ1) is 21.1. The first kappa shape index (κ1) is 36.8. The third-order valence-corrected chi connectivity index (χ3v) is 8.11. The topological polar surface area (TPSA) is 206 Å². The van der Waals surface area contributed by atoms with Crippen molar-refractivity contribution in [3.63, 3.8) is 0 Å². The Kier molecular flexibility index (Phi) is 14.0. The normalized spacial score (nSPS) is 14.1. The van der Waals surface area contributed by atoms with Gasteiger partial charge in [0, 0.05) is 37.3 Å². The maximum Gasteiger partial charge on any atom is 0.321 e. The van der Waals surface area contributed by atoms with Crippen LogP contribution in [0.15, 0.2) is 36.4 Å². The zero-order chi connectivity index (χ0) is 33.7. The van der Waals surface area contributed by atoms with Crippen LogP contribution >= 0.6 is 11.8 Å². The number of carbonyl (C=O) groups is 7. The molecule has 0 fully saturated rings. The van der Waals surface area contributed by atoms with E-state index in [1.807, 2.05) is 6.26 Å². The van der Waals surface area contributed by atoms with E-state index in [0.29, 0.717) is 17.7 Å². The quantitative estimate of drug-likeness (QED) is 0.0935. The molecule has 2 rings (SSSR count). The number of nitrogens with two attached hydrogens (primary N) is 1. The molecule has 7 amide bonds. The van der Waals surface area contributed by atoms with E-state index < -0.39 is 52.4 Å². The molecular formula is C30H42N6O8S. The van der Waals surface area contributed by atoms with Crippen LogP contribution in [0.2, 0.25) is 0 Å². The molecule has 1 aromatic carbocycles. The van der Waals surface area contributed by atoms with Crippen molar-refractivity contribution >= 4 is 59.0 Å². The van der Waals surface area contributed by atoms with Crippen molar-refractivity contribution in [3.8, 4) is 0 Å². The number of rotatable bonds is 17. The van der Waals surface area contributed by atoms with Gasteiger partial charge >= 0.3 is 12.0 Å². The molecule has 1 heterocycles. The summed E-state index contributed by atoms with van der Waals surface area (Å²) in [5.74, 6) is -3.43. The molecule has 1 aromatic rings. The number of hydrogen-bond donors (Lipinski definition) is 5. The Hall–Kier alpha value is -4.40. The first-order valence-corrected chi connectivity index (χ1v) is 15.7. The van der Waals surface area contributed by atoms with E-state index >= 15 is 0 Å². The number of esters is 1. The lowest BCUT2D eigenvalue weighted by atomic mass is 10.0. The predicted octanol–water partition coefficient (Wildman–Crippen LogP) is 1.20. The summed E-state index contributed by atoms with van der Waals surface area (Å²) in [5, 5.41) is 10.5. The molecule has 0 radical (unpaired) electrons. The summed E-state index contributed by atoms with van der Waals surface area (Å²) in [6.45, 7) is 7.07. The fourth-order valence-electron chi connectivity index (χ4n) is 4.01. The van der Waals surface area contributed by atoms with Crippen molar-refractivity contribution in [1.82, 2.24) is 20.9 Å². The Morgan fingerprint density at radius 2 is 1.60 bits per heavy atom. The number of primary amides is 1. The lowest BCUT2D eigenvalue weighted by molar-refractivity contribution is -0.147. The number of benzene rings is 1. The predicted molar refractivity (Wildman–Crippen MR) is 168 cm³/mol. The summed E-state index contributed by atoms with van der Waals surface area (Å²) < 4.78 is 4.70. The minimum atomic E-state index is -1.04. The minimum Gasteiger partial charge on any atom is -0.460 e. The van der Waals surface area contributed by atoms with Gasteiger partial charge in [0.25, 0.3) is 11.8 Å². The average Bonchev–Trinajstić information content (AvgIpc) is 3.31. The van der Waals surface area contributed by atoms with E-state index in [-0.39, 0.29) is 44.4 Å². The van der Waals surface area contributed by atoms with Crippen molar-refractivity contribution in [2.45, 2.75) is 70.4 Å². The zero-order valence-electron chi connectivity index (χ0n) is 26.1. The van der Waals surface area contributed by atoms with Gasteiger partial charge in [-0.1, -0.05) is 26.0 Å². The minimum absolute atomic E-state index is 0.0619.